The zero-order valence-electron chi connectivity index (χ0n) is 8.22. The minimum Gasteiger partial charge on any atom is -0.504 e. The molecule has 0 aliphatic heterocycles. The topological polar surface area (TPSA) is 118 Å². The number of carboxylic acid groups (broad SMARTS) is 1. The maximum atomic E-state index is 10.1. The Morgan fingerprint density at radius 3 is 2.12 bits per heavy atom. The number of benzene rings is 1. The minimum absolute atomic E-state index is 0. The third-order valence-electron chi connectivity index (χ3n) is 1.53. The fourth-order valence-electron chi connectivity index (χ4n) is 0.851. The Labute approximate surface area is 112 Å². The predicted molar refractivity (Wildman–Crippen MR) is 53.4 cm³/mol. The van der Waals surface area contributed by atoms with Gasteiger partial charge in [-0.15, -0.1) is 0 Å². The summed E-state index contributed by atoms with van der Waals surface area (Å²) in [5.74, 6) is -1.11. The Hall–Kier alpha value is -1.55. The van der Waals surface area contributed by atoms with Gasteiger partial charge in [0.15, 0.2) is 11.5 Å². The van der Waals surface area contributed by atoms with Crippen LogP contribution in [0.2, 0.25) is 0 Å². The summed E-state index contributed by atoms with van der Waals surface area (Å²) in [6.07, 6.45) is 0. The van der Waals surface area contributed by atoms with Gasteiger partial charge in [0.2, 0.25) is 11.5 Å². The van der Waals surface area contributed by atoms with Gasteiger partial charge < -0.3 is 25.5 Å². The number of carbonyl (C=O) groups is 1. The van der Waals surface area contributed by atoms with Crippen LogP contribution in [0.4, 0.5) is 0 Å². The maximum Gasteiger partial charge on any atom is 0.382 e. The van der Waals surface area contributed by atoms with Crippen LogP contribution >= 0.6 is 0 Å². The molecule has 0 unspecified atom stereocenters. The third kappa shape index (κ3) is 2.97. The summed E-state index contributed by atoms with van der Waals surface area (Å²) < 4.78 is 0. The molecule has 5 N–H and O–H groups in total. The first-order chi connectivity index (χ1) is 6.93. The van der Waals surface area contributed by atoms with E-state index in [1.807, 2.05) is 5.92 Å². The van der Waals surface area contributed by atoms with Crippen LogP contribution in [0.5, 0.6) is 23.0 Å². The zero-order chi connectivity index (χ0) is 11.6. The van der Waals surface area contributed by atoms with Crippen molar-refractivity contribution in [2.45, 2.75) is 0 Å². The zero-order valence-corrected chi connectivity index (χ0v) is 10.2. The first-order valence-corrected chi connectivity index (χ1v) is 3.65. The normalized spacial score (nSPS) is 8.50. The van der Waals surface area contributed by atoms with Crippen LogP contribution in [0.15, 0.2) is 6.07 Å². The second-order valence-electron chi connectivity index (χ2n) is 2.54. The standard InChI is InChI=1S/C9H6O6.Na/c10-5-3-4(1-2-6(11)12)7(13)9(15)8(5)14;/h3,10,13-15H,(H,11,12);. The van der Waals surface area contributed by atoms with E-state index < -0.39 is 29.0 Å². The van der Waals surface area contributed by atoms with Crippen molar-refractivity contribution in [2.24, 2.45) is 0 Å². The van der Waals surface area contributed by atoms with Crippen molar-refractivity contribution in [3.05, 3.63) is 11.6 Å². The van der Waals surface area contributed by atoms with Gasteiger partial charge in [-0.2, -0.15) is 0 Å². The van der Waals surface area contributed by atoms with Crippen molar-refractivity contribution in [1.82, 2.24) is 0 Å². The van der Waals surface area contributed by atoms with Gasteiger partial charge in [0, 0.05) is 41.5 Å². The molecule has 0 aliphatic rings. The second kappa shape index (κ2) is 5.51. The molecule has 0 saturated heterocycles. The summed E-state index contributed by atoms with van der Waals surface area (Å²) >= 11 is 0. The first kappa shape index (κ1) is 14.5. The van der Waals surface area contributed by atoms with Crippen molar-refractivity contribution in [3.63, 3.8) is 0 Å². The van der Waals surface area contributed by atoms with Crippen molar-refractivity contribution in [1.29, 1.82) is 0 Å². The second-order valence-corrected chi connectivity index (χ2v) is 2.54. The van der Waals surface area contributed by atoms with Crippen molar-refractivity contribution >= 4 is 35.5 Å². The molecule has 7 heteroatoms. The van der Waals surface area contributed by atoms with Gasteiger partial charge in [-0.1, -0.05) is 5.92 Å². The van der Waals surface area contributed by atoms with E-state index in [-0.39, 0.29) is 35.1 Å². The molecule has 1 aromatic carbocycles. The van der Waals surface area contributed by atoms with Crippen LogP contribution in [0.25, 0.3) is 0 Å². The summed E-state index contributed by atoms with van der Waals surface area (Å²) in [6.45, 7) is 0. The van der Waals surface area contributed by atoms with Crippen LogP contribution in [-0.2, 0) is 4.79 Å². The van der Waals surface area contributed by atoms with Crippen LogP contribution in [0.3, 0.4) is 0 Å². The van der Waals surface area contributed by atoms with Crippen molar-refractivity contribution in [2.75, 3.05) is 0 Å². The van der Waals surface area contributed by atoms with Crippen LogP contribution < -0.4 is 0 Å². The smallest absolute Gasteiger partial charge is 0.382 e. The molecule has 0 atom stereocenters. The van der Waals surface area contributed by atoms with Crippen LogP contribution in [0, 0.1) is 11.8 Å². The summed E-state index contributed by atoms with van der Waals surface area (Å²) in [5.41, 5.74) is -0.301. The summed E-state index contributed by atoms with van der Waals surface area (Å²) in [6, 6.07) is 0.834. The van der Waals surface area contributed by atoms with E-state index in [9.17, 15) is 9.90 Å². The molecular formula is C9H6NaO6. The largest absolute Gasteiger partial charge is 0.504 e. The number of rotatable bonds is 0. The van der Waals surface area contributed by atoms with E-state index in [1.54, 1.807) is 5.92 Å². The van der Waals surface area contributed by atoms with Crippen molar-refractivity contribution < 1.29 is 30.3 Å². The van der Waals surface area contributed by atoms with Gasteiger partial charge in [-0.3, -0.25) is 0 Å². The molecule has 0 bridgehead atoms. The summed E-state index contributed by atoms with van der Waals surface area (Å²) in [7, 11) is 0. The molecule has 79 valence electrons. The molecule has 0 amide bonds. The molecule has 0 aromatic heterocycles. The third-order valence-corrected chi connectivity index (χ3v) is 1.53. The van der Waals surface area contributed by atoms with Gasteiger partial charge in [0.1, 0.15) is 0 Å². The molecule has 0 heterocycles. The van der Waals surface area contributed by atoms with Crippen molar-refractivity contribution in [3.8, 4) is 34.8 Å². The molecule has 16 heavy (non-hydrogen) atoms. The summed E-state index contributed by atoms with van der Waals surface area (Å²) in [4.78, 5) is 10.1. The molecule has 6 nitrogen and oxygen atoms in total. The van der Waals surface area contributed by atoms with Gasteiger partial charge in [-0.25, -0.2) is 4.79 Å². The Morgan fingerprint density at radius 1 is 1.06 bits per heavy atom. The first-order valence-electron chi connectivity index (χ1n) is 3.65. The fraction of sp³-hybridized carbons (Fsp3) is 0. The van der Waals surface area contributed by atoms with Gasteiger partial charge in [-0.05, 0) is 0 Å². The average Bonchev–Trinajstić information content (AvgIpc) is 2.18. The number of phenols is 4. The van der Waals surface area contributed by atoms with E-state index in [1.165, 1.54) is 0 Å². The SMILES string of the molecule is O=C(O)C#Cc1cc(O)c(O)c(O)c1O.[Na]. The molecular weight excluding hydrogens is 227 g/mol. The number of aliphatic carboxylic acids is 1. The quantitative estimate of drug-likeness (QED) is 0.179. The van der Waals surface area contributed by atoms with Crippen LogP contribution in [-0.4, -0.2) is 61.1 Å². The Balaban J connectivity index is 0.00000225. The number of carboxylic acids is 1. The fourth-order valence-corrected chi connectivity index (χ4v) is 0.851. The van der Waals surface area contributed by atoms with E-state index in [2.05, 4.69) is 0 Å². The molecule has 1 radical (unpaired) electrons. The minimum atomic E-state index is -1.43. The maximum absolute atomic E-state index is 10.1. The number of aromatic hydroxyl groups is 4. The summed E-state index contributed by atoms with van der Waals surface area (Å²) in [5, 5.41) is 44.5. The van der Waals surface area contributed by atoms with Gasteiger partial charge >= 0.3 is 5.97 Å². The Kier molecular flexibility index (Phi) is 4.98. The molecule has 1 aromatic rings. The Morgan fingerprint density at radius 2 is 1.62 bits per heavy atom. The molecule has 1 rings (SSSR count). The molecule has 0 saturated carbocycles. The molecule has 0 aliphatic carbocycles. The van der Waals surface area contributed by atoms with Crippen LogP contribution in [0.1, 0.15) is 5.56 Å². The monoisotopic (exact) mass is 233 g/mol. The predicted octanol–water partition coefficient (Wildman–Crippen LogP) is -0.436. The number of hydrogen-bond donors (Lipinski definition) is 5. The van der Waals surface area contributed by atoms with E-state index in [0.717, 1.165) is 6.07 Å². The van der Waals surface area contributed by atoms with E-state index in [4.69, 9.17) is 20.4 Å². The Bertz CT molecular complexity index is 485. The van der Waals surface area contributed by atoms with Gasteiger partial charge in [0.05, 0.1) is 5.56 Å². The van der Waals surface area contributed by atoms with Gasteiger partial charge in [0.25, 0.3) is 0 Å². The number of hydrogen-bond acceptors (Lipinski definition) is 5. The number of phenolic OH excluding ortho intramolecular Hbond substituents is 4. The molecule has 0 spiro atoms. The van der Waals surface area contributed by atoms with E-state index >= 15 is 0 Å². The molecule has 0 fully saturated rings. The average molecular weight is 233 g/mol. The van der Waals surface area contributed by atoms with E-state index in [0.29, 0.717) is 0 Å².